The second-order valence-electron chi connectivity index (χ2n) is 4.15. The fourth-order valence-electron chi connectivity index (χ4n) is 1.91. The van der Waals surface area contributed by atoms with Crippen LogP contribution in [0.25, 0.3) is 0 Å². The number of benzene rings is 1. The Morgan fingerprint density at radius 2 is 1.78 bits per heavy atom. The number of hydrogen-bond acceptors (Lipinski definition) is 4. The molecule has 18 heavy (non-hydrogen) atoms. The largest absolute Gasteiger partial charge is 0.396 e. The molecule has 0 aliphatic heterocycles. The lowest BCUT2D eigenvalue weighted by atomic mass is 9.93. The van der Waals surface area contributed by atoms with Crippen molar-refractivity contribution < 1.29 is 14.7 Å². The Balaban J connectivity index is 2.11. The lowest BCUT2D eigenvalue weighted by Crippen LogP contribution is -2.27. The van der Waals surface area contributed by atoms with Gasteiger partial charge in [0.15, 0.2) is 5.78 Å². The molecule has 0 saturated heterocycles. The van der Waals surface area contributed by atoms with E-state index in [1.165, 1.54) is 6.08 Å². The minimum atomic E-state index is -0.144. The maximum absolute atomic E-state index is 12.1. The summed E-state index contributed by atoms with van der Waals surface area (Å²) in [5.41, 5.74) is 1.26. The Kier molecular flexibility index (Phi) is 3.89. The van der Waals surface area contributed by atoms with Crippen LogP contribution in [-0.2, 0) is 0 Å². The molecule has 0 radical (unpaired) electrons. The number of carbonyl (C=O) groups excluding carboxylic acids is 2. The molecule has 0 fully saturated rings. The van der Waals surface area contributed by atoms with Gasteiger partial charge in [-0.25, -0.2) is 0 Å². The monoisotopic (exact) mass is 245 g/mol. The van der Waals surface area contributed by atoms with Crippen molar-refractivity contribution in [2.45, 2.75) is 12.8 Å². The van der Waals surface area contributed by atoms with Crippen LogP contribution in [0.15, 0.2) is 36.0 Å². The van der Waals surface area contributed by atoms with Gasteiger partial charge < -0.3 is 10.4 Å². The molecule has 94 valence electrons. The SMILES string of the molecule is O=C1C=C(NCCCCO)C(=O)c2ccccc21. The predicted octanol–water partition coefficient (Wildman–Crippen LogP) is 1.31. The van der Waals surface area contributed by atoms with E-state index in [-0.39, 0.29) is 18.2 Å². The quantitative estimate of drug-likeness (QED) is 0.768. The normalized spacial score (nSPS) is 14.2. The van der Waals surface area contributed by atoms with E-state index in [0.29, 0.717) is 29.8 Å². The first kappa shape index (κ1) is 12.5. The summed E-state index contributed by atoms with van der Waals surface area (Å²) in [5.74, 6) is -0.288. The number of nitrogens with one attached hydrogen (secondary N) is 1. The molecule has 1 aromatic rings. The Labute approximate surface area is 105 Å². The van der Waals surface area contributed by atoms with Crippen LogP contribution in [0.5, 0.6) is 0 Å². The predicted molar refractivity (Wildman–Crippen MR) is 67.5 cm³/mol. The molecule has 2 N–H and O–H groups in total. The van der Waals surface area contributed by atoms with Gasteiger partial charge in [-0.2, -0.15) is 0 Å². The first-order valence-corrected chi connectivity index (χ1v) is 5.98. The zero-order chi connectivity index (χ0) is 13.0. The van der Waals surface area contributed by atoms with Crippen LogP contribution in [0.4, 0.5) is 0 Å². The molecular weight excluding hydrogens is 230 g/mol. The van der Waals surface area contributed by atoms with Crippen LogP contribution >= 0.6 is 0 Å². The maximum atomic E-state index is 12.1. The number of aliphatic hydroxyl groups is 1. The number of allylic oxidation sites excluding steroid dienone is 2. The summed E-state index contributed by atoms with van der Waals surface area (Å²) in [5, 5.41) is 11.6. The Bertz CT molecular complexity index is 506. The molecular formula is C14H15NO3. The van der Waals surface area contributed by atoms with Gasteiger partial charge >= 0.3 is 0 Å². The van der Waals surface area contributed by atoms with Crippen LogP contribution in [-0.4, -0.2) is 29.8 Å². The third-order valence-corrected chi connectivity index (χ3v) is 2.86. The van der Waals surface area contributed by atoms with E-state index in [9.17, 15) is 9.59 Å². The topological polar surface area (TPSA) is 66.4 Å². The molecule has 2 rings (SSSR count). The van der Waals surface area contributed by atoms with Crippen molar-refractivity contribution >= 4 is 11.6 Å². The summed E-state index contributed by atoms with van der Waals surface area (Å²) in [7, 11) is 0. The summed E-state index contributed by atoms with van der Waals surface area (Å²) in [6.45, 7) is 0.712. The third kappa shape index (κ3) is 2.49. The highest BCUT2D eigenvalue weighted by Gasteiger charge is 2.24. The molecule has 0 bridgehead atoms. The third-order valence-electron chi connectivity index (χ3n) is 2.86. The van der Waals surface area contributed by atoms with E-state index in [1.54, 1.807) is 24.3 Å². The van der Waals surface area contributed by atoms with E-state index in [2.05, 4.69) is 5.32 Å². The van der Waals surface area contributed by atoms with E-state index in [0.717, 1.165) is 6.42 Å². The highest BCUT2D eigenvalue weighted by Crippen LogP contribution is 2.19. The van der Waals surface area contributed by atoms with Crippen molar-refractivity contribution in [2.24, 2.45) is 0 Å². The van der Waals surface area contributed by atoms with Crippen molar-refractivity contribution in [2.75, 3.05) is 13.2 Å². The van der Waals surface area contributed by atoms with Gasteiger partial charge in [-0.05, 0) is 12.8 Å². The standard InChI is InChI=1S/C14H15NO3/c16-8-4-3-7-15-12-9-13(17)10-5-1-2-6-11(10)14(12)18/h1-2,5-6,9,15-16H,3-4,7-8H2. The molecule has 0 spiro atoms. The average molecular weight is 245 g/mol. The van der Waals surface area contributed by atoms with Crippen molar-refractivity contribution in [3.63, 3.8) is 0 Å². The van der Waals surface area contributed by atoms with Gasteiger partial charge in [-0.15, -0.1) is 0 Å². The summed E-state index contributed by atoms with van der Waals surface area (Å²) in [4.78, 5) is 23.9. The minimum absolute atomic E-state index is 0.135. The summed E-state index contributed by atoms with van der Waals surface area (Å²) in [6.07, 6.45) is 2.79. The molecule has 1 aliphatic carbocycles. The molecule has 0 heterocycles. The fourth-order valence-corrected chi connectivity index (χ4v) is 1.91. The van der Waals surface area contributed by atoms with Crippen LogP contribution < -0.4 is 5.32 Å². The molecule has 0 saturated carbocycles. The second-order valence-corrected chi connectivity index (χ2v) is 4.15. The lowest BCUT2D eigenvalue weighted by Gasteiger charge is -2.16. The van der Waals surface area contributed by atoms with E-state index < -0.39 is 0 Å². The number of Topliss-reactive ketones (excluding diaryl/α,β-unsaturated/α-hetero) is 1. The van der Waals surface area contributed by atoms with E-state index in [4.69, 9.17) is 5.11 Å². The second kappa shape index (κ2) is 5.60. The number of unbranched alkanes of at least 4 members (excludes halogenated alkanes) is 1. The number of ketones is 2. The van der Waals surface area contributed by atoms with Crippen molar-refractivity contribution in [3.05, 3.63) is 47.2 Å². The first-order chi connectivity index (χ1) is 8.74. The smallest absolute Gasteiger partial charge is 0.209 e. The number of hydrogen-bond donors (Lipinski definition) is 2. The number of carbonyl (C=O) groups is 2. The van der Waals surface area contributed by atoms with Gasteiger partial charge in [0, 0.05) is 30.4 Å². The summed E-state index contributed by atoms with van der Waals surface area (Å²) in [6, 6.07) is 6.82. The van der Waals surface area contributed by atoms with Crippen molar-refractivity contribution in [3.8, 4) is 0 Å². The molecule has 0 aromatic heterocycles. The fraction of sp³-hybridized carbons (Fsp3) is 0.286. The van der Waals surface area contributed by atoms with Gasteiger partial charge in [-0.3, -0.25) is 9.59 Å². The Morgan fingerprint density at radius 3 is 2.50 bits per heavy atom. The highest BCUT2D eigenvalue weighted by molar-refractivity contribution is 6.24. The summed E-state index contributed by atoms with van der Waals surface area (Å²) < 4.78 is 0. The lowest BCUT2D eigenvalue weighted by molar-refractivity contribution is 0.0978. The molecule has 1 aromatic carbocycles. The van der Waals surface area contributed by atoms with Crippen LogP contribution in [0, 0.1) is 0 Å². The molecule has 0 unspecified atom stereocenters. The van der Waals surface area contributed by atoms with Gasteiger partial charge in [0.25, 0.3) is 0 Å². The van der Waals surface area contributed by atoms with Crippen LogP contribution in [0.3, 0.4) is 0 Å². The first-order valence-electron chi connectivity index (χ1n) is 5.98. The van der Waals surface area contributed by atoms with Gasteiger partial charge in [0.05, 0.1) is 5.70 Å². The van der Waals surface area contributed by atoms with Gasteiger partial charge in [0.2, 0.25) is 5.78 Å². The number of aliphatic hydroxyl groups excluding tert-OH is 1. The van der Waals surface area contributed by atoms with E-state index >= 15 is 0 Å². The molecule has 1 aliphatic rings. The average Bonchev–Trinajstić information content (AvgIpc) is 2.40. The molecule has 0 amide bonds. The van der Waals surface area contributed by atoms with Gasteiger partial charge in [-0.1, -0.05) is 24.3 Å². The molecule has 4 heteroatoms. The number of rotatable bonds is 5. The molecule has 0 atom stereocenters. The Hall–Kier alpha value is -1.94. The minimum Gasteiger partial charge on any atom is -0.396 e. The maximum Gasteiger partial charge on any atom is 0.209 e. The highest BCUT2D eigenvalue weighted by atomic mass is 16.3. The summed E-state index contributed by atoms with van der Waals surface area (Å²) >= 11 is 0. The number of fused-ring (bicyclic) bond motifs is 1. The van der Waals surface area contributed by atoms with Crippen LogP contribution in [0.1, 0.15) is 33.6 Å². The van der Waals surface area contributed by atoms with Crippen molar-refractivity contribution in [1.82, 2.24) is 5.32 Å². The van der Waals surface area contributed by atoms with E-state index in [1.807, 2.05) is 0 Å². The zero-order valence-corrected chi connectivity index (χ0v) is 9.98. The van der Waals surface area contributed by atoms with Crippen molar-refractivity contribution in [1.29, 1.82) is 0 Å². The Morgan fingerprint density at radius 1 is 1.06 bits per heavy atom. The molecule has 4 nitrogen and oxygen atoms in total. The van der Waals surface area contributed by atoms with Gasteiger partial charge in [0.1, 0.15) is 0 Å². The van der Waals surface area contributed by atoms with Crippen LogP contribution in [0.2, 0.25) is 0 Å². The zero-order valence-electron chi connectivity index (χ0n) is 9.98.